The average molecular weight is 359 g/mol. The minimum Gasteiger partial charge on any atom is -0.475 e. The average Bonchev–Trinajstić information content (AvgIpc) is 2.77. The van der Waals surface area contributed by atoms with Gasteiger partial charge in [0, 0.05) is 5.41 Å². The highest BCUT2D eigenvalue weighted by Gasteiger charge is 2.27. The molecule has 0 bridgehead atoms. The summed E-state index contributed by atoms with van der Waals surface area (Å²) in [4.78, 5) is 15.2. The van der Waals surface area contributed by atoms with Crippen LogP contribution in [0.2, 0.25) is 5.02 Å². The molecular formula is C13H13BrClN3O2. The summed E-state index contributed by atoms with van der Waals surface area (Å²) in [5.74, 6) is -0.841. The molecule has 0 aliphatic rings. The molecule has 0 fully saturated rings. The maximum atomic E-state index is 11.1. The summed E-state index contributed by atoms with van der Waals surface area (Å²) in [5, 5.41) is 13.7. The Morgan fingerprint density at radius 3 is 2.60 bits per heavy atom. The number of benzene rings is 1. The smallest absolute Gasteiger partial charge is 0.375 e. The van der Waals surface area contributed by atoms with E-state index in [0.717, 1.165) is 0 Å². The van der Waals surface area contributed by atoms with Crippen molar-refractivity contribution < 1.29 is 9.90 Å². The fourth-order valence-corrected chi connectivity index (χ4v) is 2.31. The molecule has 0 aliphatic carbocycles. The predicted molar refractivity (Wildman–Crippen MR) is 79.7 cm³/mol. The van der Waals surface area contributed by atoms with Gasteiger partial charge in [-0.1, -0.05) is 38.4 Å². The van der Waals surface area contributed by atoms with E-state index in [1.165, 1.54) is 4.68 Å². The molecule has 1 heterocycles. The number of aromatic carboxylic acids is 1. The summed E-state index contributed by atoms with van der Waals surface area (Å²) >= 11 is 9.47. The summed E-state index contributed by atoms with van der Waals surface area (Å²) in [6.45, 7) is 5.83. The maximum Gasteiger partial charge on any atom is 0.375 e. The Labute approximate surface area is 129 Å². The zero-order valence-electron chi connectivity index (χ0n) is 11.2. The van der Waals surface area contributed by atoms with E-state index in [1.807, 2.05) is 20.8 Å². The Balaban J connectivity index is 2.72. The van der Waals surface area contributed by atoms with Crippen LogP contribution in [-0.4, -0.2) is 25.8 Å². The van der Waals surface area contributed by atoms with Crippen molar-refractivity contribution in [2.24, 2.45) is 0 Å². The van der Waals surface area contributed by atoms with Gasteiger partial charge in [0.05, 0.1) is 15.2 Å². The van der Waals surface area contributed by atoms with E-state index in [0.29, 0.717) is 21.0 Å². The van der Waals surface area contributed by atoms with Crippen LogP contribution in [-0.2, 0) is 5.41 Å². The summed E-state index contributed by atoms with van der Waals surface area (Å²) in [6.07, 6.45) is 0. The summed E-state index contributed by atoms with van der Waals surface area (Å²) < 4.78 is 2.16. The first-order valence-electron chi connectivity index (χ1n) is 5.87. The lowest BCUT2D eigenvalue weighted by Crippen LogP contribution is -2.19. The minimum atomic E-state index is -1.16. The van der Waals surface area contributed by atoms with E-state index >= 15 is 0 Å². The number of carboxylic acids is 1. The second kappa shape index (κ2) is 5.18. The van der Waals surface area contributed by atoms with Crippen molar-refractivity contribution in [3.05, 3.63) is 39.3 Å². The largest absolute Gasteiger partial charge is 0.475 e. The third kappa shape index (κ3) is 2.71. The summed E-state index contributed by atoms with van der Waals surface area (Å²) in [6, 6.07) is 5.31. The first-order chi connectivity index (χ1) is 9.21. The van der Waals surface area contributed by atoms with Crippen molar-refractivity contribution in [3.63, 3.8) is 0 Å². The number of carbonyl (C=O) groups is 1. The van der Waals surface area contributed by atoms with Gasteiger partial charge < -0.3 is 5.11 Å². The normalized spacial score (nSPS) is 11.7. The van der Waals surface area contributed by atoms with Crippen LogP contribution in [0.1, 0.15) is 37.2 Å². The second-order valence-electron chi connectivity index (χ2n) is 5.30. The van der Waals surface area contributed by atoms with E-state index in [9.17, 15) is 4.79 Å². The van der Waals surface area contributed by atoms with Gasteiger partial charge >= 0.3 is 5.97 Å². The molecule has 0 saturated carbocycles. The predicted octanol–water partition coefficient (Wildman–Crippen LogP) is 3.68. The van der Waals surface area contributed by atoms with Crippen LogP contribution < -0.4 is 0 Å². The zero-order chi connectivity index (χ0) is 15.1. The molecule has 0 unspecified atom stereocenters. The number of aromatic nitrogens is 3. The zero-order valence-corrected chi connectivity index (χ0v) is 13.5. The van der Waals surface area contributed by atoms with Crippen LogP contribution in [0.5, 0.6) is 0 Å². The van der Waals surface area contributed by atoms with Gasteiger partial charge in [-0.3, -0.25) is 0 Å². The van der Waals surface area contributed by atoms with Crippen molar-refractivity contribution in [2.45, 2.75) is 26.2 Å². The van der Waals surface area contributed by atoms with Crippen molar-refractivity contribution in [1.29, 1.82) is 0 Å². The van der Waals surface area contributed by atoms with Crippen LogP contribution in [0, 0.1) is 0 Å². The van der Waals surface area contributed by atoms with E-state index in [-0.39, 0.29) is 11.2 Å². The monoisotopic (exact) mass is 357 g/mol. The molecule has 2 aromatic rings. The number of rotatable bonds is 2. The molecule has 7 heteroatoms. The molecule has 0 spiro atoms. The minimum absolute atomic E-state index is 0.234. The topological polar surface area (TPSA) is 68.0 Å². The lowest BCUT2D eigenvalue weighted by molar-refractivity contribution is 0.0683. The van der Waals surface area contributed by atoms with Gasteiger partial charge in [-0.25, -0.2) is 14.5 Å². The van der Waals surface area contributed by atoms with E-state index in [4.69, 9.17) is 16.7 Å². The molecule has 0 aliphatic heterocycles. The van der Waals surface area contributed by atoms with Gasteiger partial charge in [0.1, 0.15) is 5.82 Å². The summed E-state index contributed by atoms with van der Waals surface area (Å²) in [5.41, 5.74) is 0.296. The molecule has 0 amide bonds. The fourth-order valence-electron chi connectivity index (χ4n) is 1.71. The first kappa shape index (κ1) is 15.0. The van der Waals surface area contributed by atoms with E-state index < -0.39 is 5.97 Å². The molecule has 0 saturated heterocycles. The molecule has 106 valence electrons. The fraction of sp³-hybridized carbons (Fsp3) is 0.308. The first-order valence-corrected chi connectivity index (χ1v) is 7.04. The lowest BCUT2D eigenvalue weighted by Gasteiger charge is -2.19. The third-order valence-corrected chi connectivity index (χ3v) is 4.01. The Morgan fingerprint density at radius 2 is 2.05 bits per heavy atom. The lowest BCUT2D eigenvalue weighted by atomic mass is 9.95. The Bertz CT molecular complexity index is 677. The summed E-state index contributed by atoms with van der Waals surface area (Å²) in [7, 11) is 0. The Kier molecular flexibility index (Phi) is 3.88. The molecule has 0 radical (unpaired) electrons. The van der Waals surface area contributed by atoms with Gasteiger partial charge in [0.25, 0.3) is 5.82 Å². The van der Waals surface area contributed by atoms with Gasteiger partial charge in [-0.2, -0.15) is 0 Å². The Hall–Kier alpha value is -1.40. The highest BCUT2D eigenvalue weighted by atomic mass is 79.9. The van der Waals surface area contributed by atoms with Gasteiger partial charge in [0.2, 0.25) is 0 Å². The van der Waals surface area contributed by atoms with Gasteiger partial charge in [-0.15, -0.1) is 5.10 Å². The third-order valence-electron chi connectivity index (χ3n) is 2.63. The molecule has 1 aromatic carbocycles. The molecule has 20 heavy (non-hydrogen) atoms. The highest BCUT2D eigenvalue weighted by Crippen LogP contribution is 2.31. The van der Waals surface area contributed by atoms with Gasteiger partial charge in [0.15, 0.2) is 0 Å². The van der Waals surface area contributed by atoms with Crippen LogP contribution >= 0.6 is 27.5 Å². The highest BCUT2D eigenvalue weighted by molar-refractivity contribution is 9.10. The molecule has 2 rings (SSSR count). The standard InChI is InChI=1S/C13H13BrClN3O2/c1-13(2,3)12-16-10(11(19)20)17-18(12)8-6-4-5-7(15)9(8)14/h4-6H,1-3H3,(H,19,20). The Morgan fingerprint density at radius 1 is 1.40 bits per heavy atom. The van der Waals surface area contributed by atoms with Crippen LogP contribution in [0.15, 0.2) is 22.7 Å². The molecule has 1 N–H and O–H groups in total. The number of nitrogens with zero attached hydrogens (tertiary/aromatic N) is 3. The second-order valence-corrected chi connectivity index (χ2v) is 6.50. The van der Waals surface area contributed by atoms with Crippen LogP contribution in [0.4, 0.5) is 0 Å². The van der Waals surface area contributed by atoms with Crippen LogP contribution in [0.25, 0.3) is 5.69 Å². The number of hydrogen-bond acceptors (Lipinski definition) is 3. The van der Waals surface area contributed by atoms with Gasteiger partial charge in [-0.05, 0) is 28.1 Å². The molecule has 1 aromatic heterocycles. The van der Waals surface area contributed by atoms with Crippen LogP contribution in [0.3, 0.4) is 0 Å². The quantitative estimate of drug-likeness (QED) is 0.889. The van der Waals surface area contributed by atoms with Crippen molar-refractivity contribution in [1.82, 2.24) is 14.8 Å². The number of hydrogen-bond donors (Lipinski definition) is 1. The molecular weight excluding hydrogens is 346 g/mol. The van der Waals surface area contributed by atoms with Crippen molar-refractivity contribution in [2.75, 3.05) is 0 Å². The van der Waals surface area contributed by atoms with E-state index in [2.05, 4.69) is 26.0 Å². The van der Waals surface area contributed by atoms with Crippen molar-refractivity contribution >= 4 is 33.5 Å². The van der Waals surface area contributed by atoms with E-state index in [1.54, 1.807) is 18.2 Å². The maximum absolute atomic E-state index is 11.1. The molecule has 5 nitrogen and oxygen atoms in total. The number of carboxylic acid groups (broad SMARTS) is 1. The SMILES string of the molecule is CC(C)(C)c1nc(C(=O)O)nn1-c1cccc(Cl)c1Br. The molecule has 0 atom stereocenters. The number of halogens is 2. The van der Waals surface area contributed by atoms with Crippen molar-refractivity contribution in [3.8, 4) is 5.69 Å².